The molecule has 274 valence electrons. The summed E-state index contributed by atoms with van der Waals surface area (Å²) in [5.74, 6) is -0.579. The zero-order chi connectivity index (χ0) is 35.1. The Kier molecular flexibility index (Phi) is 29.3. The second-order valence-corrected chi connectivity index (χ2v) is 13.8. The minimum absolute atomic E-state index is 0.0389. The summed E-state index contributed by atoms with van der Waals surface area (Å²) in [5.41, 5.74) is 0. The van der Waals surface area contributed by atoms with Crippen LogP contribution >= 0.6 is 0 Å². The van der Waals surface area contributed by atoms with Gasteiger partial charge in [-0.2, -0.15) is 0 Å². The Hall–Kier alpha value is -2.42. The van der Waals surface area contributed by atoms with Gasteiger partial charge in [0.05, 0.1) is 26.7 Å². The third kappa shape index (κ3) is 29.5. The number of ether oxygens (including phenoxy) is 2. The number of methoxy groups -OCH3 is 1. The third-order valence-electron chi connectivity index (χ3n) is 8.30. The first-order valence-electron chi connectivity index (χ1n) is 18.7. The number of unbranched alkanes of at least 4 members (excludes halogenated alkanes) is 13. The second-order valence-electron chi connectivity index (χ2n) is 13.8. The molecule has 9 heteroatoms. The summed E-state index contributed by atoms with van der Waals surface area (Å²) in [4.78, 5) is 49.0. The average Bonchev–Trinajstić information content (AvgIpc) is 3.03. The fraction of sp³-hybridized carbons (Fsp3) is 0.842. The number of aliphatic hydroxyl groups is 1. The predicted octanol–water partition coefficient (Wildman–Crippen LogP) is 7.72. The molecule has 0 aromatic heterocycles. The van der Waals surface area contributed by atoms with E-state index in [1.165, 1.54) is 83.5 Å². The maximum Gasteiger partial charge on any atom is 0.330 e. The maximum atomic E-state index is 12.6. The molecule has 0 bridgehead atoms. The van der Waals surface area contributed by atoms with Crippen LogP contribution in [0, 0.1) is 11.8 Å². The summed E-state index contributed by atoms with van der Waals surface area (Å²) in [6.45, 7) is 8.11. The van der Waals surface area contributed by atoms with Crippen molar-refractivity contribution in [3.05, 3.63) is 12.2 Å². The highest BCUT2D eigenvalue weighted by atomic mass is 16.5. The van der Waals surface area contributed by atoms with E-state index in [0.717, 1.165) is 44.6 Å². The Morgan fingerprint density at radius 2 is 1.15 bits per heavy atom. The Morgan fingerprint density at radius 1 is 0.660 bits per heavy atom. The monoisotopic (exact) mass is 667 g/mol. The van der Waals surface area contributed by atoms with Crippen molar-refractivity contribution in [2.24, 2.45) is 11.8 Å². The lowest BCUT2D eigenvalue weighted by Crippen LogP contribution is -2.48. The Morgan fingerprint density at radius 3 is 1.66 bits per heavy atom. The molecule has 0 rings (SSSR count). The highest BCUT2D eigenvalue weighted by Crippen LogP contribution is 2.16. The van der Waals surface area contributed by atoms with E-state index in [9.17, 15) is 24.3 Å². The molecule has 0 saturated heterocycles. The van der Waals surface area contributed by atoms with Crippen LogP contribution in [-0.2, 0) is 28.7 Å². The molecule has 47 heavy (non-hydrogen) atoms. The van der Waals surface area contributed by atoms with Gasteiger partial charge in [0.15, 0.2) is 6.04 Å². The number of rotatable bonds is 31. The topological polar surface area (TPSA) is 131 Å². The van der Waals surface area contributed by atoms with Crippen LogP contribution in [0.3, 0.4) is 0 Å². The number of nitrogens with one attached hydrogen (secondary N) is 2. The number of hydrogen-bond donors (Lipinski definition) is 3. The van der Waals surface area contributed by atoms with Crippen LogP contribution in [0.25, 0.3) is 0 Å². The van der Waals surface area contributed by atoms with Crippen molar-refractivity contribution < 1.29 is 33.8 Å². The van der Waals surface area contributed by atoms with Crippen LogP contribution in [0.5, 0.6) is 0 Å². The van der Waals surface area contributed by atoms with E-state index < -0.39 is 36.5 Å². The van der Waals surface area contributed by atoms with Gasteiger partial charge in [-0.3, -0.25) is 14.4 Å². The number of allylic oxidation sites excluding steroid dienone is 2. The molecule has 0 fully saturated rings. The standard InChI is InChI=1S/C38H70N2O7/c1-31(2)24-20-16-12-8-6-10-14-18-22-26-33(28-35(42)39-29-36(43)40-34(30-41)38(45)46-5)47-37(44)27-23-19-15-11-7-9-13-17-21-25-32(3)4/h15,19,31-34,41H,6-14,16-18,20-30H2,1-5H3,(H,39,42)(H,40,43)/b19-15-/t33-,34-/m1/s1. The van der Waals surface area contributed by atoms with Gasteiger partial charge in [0, 0.05) is 6.42 Å². The van der Waals surface area contributed by atoms with Crippen LogP contribution in [0.4, 0.5) is 0 Å². The molecule has 0 aromatic rings. The highest BCUT2D eigenvalue weighted by Gasteiger charge is 2.22. The van der Waals surface area contributed by atoms with E-state index in [2.05, 4.69) is 49.1 Å². The molecule has 2 amide bonds. The van der Waals surface area contributed by atoms with E-state index in [-0.39, 0.29) is 25.4 Å². The van der Waals surface area contributed by atoms with E-state index in [0.29, 0.717) is 12.8 Å². The van der Waals surface area contributed by atoms with Crippen molar-refractivity contribution in [3.63, 3.8) is 0 Å². The minimum Gasteiger partial charge on any atom is -0.467 e. The highest BCUT2D eigenvalue weighted by molar-refractivity contribution is 5.88. The summed E-state index contributed by atoms with van der Waals surface area (Å²) in [7, 11) is 1.16. The summed E-state index contributed by atoms with van der Waals surface area (Å²) in [6, 6.07) is -1.20. The maximum absolute atomic E-state index is 12.6. The van der Waals surface area contributed by atoms with Crippen molar-refractivity contribution in [3.8, 4) is 0 Å². The Bertz CT molecular complexity index is 844. The van der Waals surface area contributed by atoms with Crippen LogP contribution in [0.1, 0.15) is 163 Å². The van der Waals surface area contributed by atoms with Gasteiger partial charge in [0.2, 0.25) is 11.8 Å². The van der Waals surface area contributed by atoms with Gasteiger partial charge in [0.1, 0.15) is 6.10 Å². The van der Waals surface area contributed by atoms with Gasteiger partial charge in [-0.1, -0.05) is 130 Å². The SMILES string of the molecule is COC(=O)[C@@H](CO)NC(=O)CNC(=O)C[C@@H](CCCCCCCCCCCC(C)C)OC(=O)CC/C=C\CCCCCCCC(C)C. The summed E-state index contributed by atoms with van der Waals surface area (Å²) < 4.78 is 10.3. The average molecular weight is 667 g/mol. The molecule has 2 atom stereocenters. The summed E-state index contributed by atoms with van der Waals surface area (Å²) in [5, 5.41) is 14.1. The third-order valence-corrected chi connectivity index (χ3v) is 8.30. The molecule has 3 N–H and O–H groups in total. The summed E-state index contributed by atoms with van der Waals surface area (Å²) >= 11 is 0. The number of amides is 2. The number of hydrogen-bond acceptors (Lipinski definition) is 7. The molecule has 0 saturated carbocycles. The number of aliphatic hydroxyl groups excluding tert-OH is 1. The molecule has 0 aromatic carbocycles. The molecule has 0 aliphatic carbocycles. The molecular weight excluding hydrogens is 596 g/mol. The quantitative estimate of drug-likeness (QED) is 0.0392. The van der Waals surface area contributed by atoms with Crippen molar-refractivity contribution >= 4 is 23.8 Å². The predicted molar refractivity (Wildman–Crippen MR) is 190 cm³/mol. The second kappa shape index (κ2) is 30.9. The fourth-order valence-electron chi connectivity index (χ4n) is 5.42. The van der Waals surface area contributed by atoms with E-state index in [1.54, 1.807) is 0 Å². The first-order chi connectivity index (χ1) is 22.6. The van der Waals surface area contributed by atoms with Crippen LogP contribution in [0.2, 0.25) is 0 Å². The lowest BCUT2D eigenvalue weighted by molar-refractivity contribution is -0.150. The largest absolute Gasteiger partial charge is 0.467 e. The van der Waals surface area contributed by atoms with Gasteiger partial charge >= 0.3 is 11.9 Å². The summed E-state index contributed by atoms with van der Waals surface area (Å²) in [6.07, 6.45) is 25.6. The van der Waals surface area contributed by atoms with Crippen LogP contribution < -0.4 is 10.6 Å². The molecule has 0 heterocycles. The van der Waals surface area contributed by atoms with Crippen molar-refractivity contribution in [2.75, 3.05) is 20.3 Å². The van der Waals surface area contributed by atoms with Crippen molar-refractivity contribution in [1.29, 1.82) is 0 Å². The Labute approximate surface area is 286 Å². The molecular formula is C38H70N2O7. The Balaban J connectivity index is 4.55. The van der Waals surface area contributed by atoms with Gasteiger partial charge in [-0.05, 0) is 43.9 Å². The number of carbonyl (C=O) groups is 4. The molecule has 0 radical (unpaired) electrons. The fourth-order valence-corrected chi connectivity index (χ4v) is 5.42. The molecule has 0 aliphatic heterocycles. The zero-order valence-corrected chi connectivity index (χ0v) is 30.6. The number of esters is 2. The first-order valence-corrected chi connectivity index (χ1v) is 18.7. The lowest BCUT2D eigenvalue weighted by Gasteiger charge is -2.18. The van der Waals surface area contributed by atoms with Gasteiger partial charge in [-0.25, -0.2) is 4.79 Å². The van der Waals surface area contributed by atoms with Crippen LogP contribution in [0.15, 0.2) is 12.2 Å². The molecule has 0 aliphatic rings. The molecule has 9 nitrogen and oxygen atoms in total. The normalized spacial score (nSPS) is 12.8. The zero-order valence-electron chi connectivity index (χ0n) is 30.6. The smallest absolute Gasteiger partial charge is 0.330 e. The van der Waals surface area contributed by atoms with E-state index >= 15 is 0 Å². The molecule has 0 spiro atoms. The first kappa shape index (κ1) is 44.6. The molecule has 0 unspecified atom stereocenters. The lowest BCUT2D eigenvalue weighted by atomic mass is 10.0. The van der Waals surface area contributed by atoms with E-state index in [4.69, 9.17) is 4.74 Å². The van der Waals surface area contributed by atoms with Gasteiger partial charge < -0.3 is 25.2 Å². The van der Waals surface area contributed by atoms with Gasteiger partial charge in [0.25, 0.3) is 0 Å². The van der Waals surface area contributed by atoms with Crippen molar-refractivity contribution in [1.82, 2.24) is 10.6 Å². The van der Waals surface area contributed by atoms with Crippen LogP contribution in [-0.4, -0.2) is 61.3 Å². The van der Waals surface area contributed by atoms with Gasteiger partial charge in [-0.15, -0.1) is 0 Å². The number of carbonyl (C=O) groups excluding carboxylic acids is 4. The minimum atomic E-state index is -1.20. The van der Waals surface area contributed by atoms with Crippen molar-refractivity contribution in [2.45, 2.75) is 175 Å². The van der Waals surface area contributed by atoms with E-state index in [1.807, 2.05) is 6.08 Å².